The van der Waals surface area contributed by atoms with Crippen LogP contribution in [0.15, 0.2) is 54.6 Å². The molecule has 1 fully saturated rings. The fourth-order valence-corrected chi connectivity index (χ4v) is 3.87. The Morgan fingerprint density at radius 3 is 2.37 bits per heavy atom. The lowest BCUT2D eigenvalue weighted by Gasteiger charge is -2.26. The average Bonchev–Trinajstić information content (AvgIpc) is 2.72. The molecule has 0 bridgehead atoms. The molecule has 3 rings (SSSR count). The van der Waals surface area contributed by atoms with Crippen molar-refractivity contribution in [1.82, 2.24) is 4.90 Å². The molecule has 1 aliphatic heterocycles. The van der Waals surface area contributed by atoms with E-state index in [-0.39, 0.29) is 6.10 Å². The van der Waals surface area contributed by atoms with Gasteiger partial charge in [0.25, 0.3) is 0 Å². The van der Waals surface area contributed by atoms with Crippen LogP contribution in [0.25, 0.3) is 0 Å². The average molecular weight is 368 g/mol. The minimum absolute atomic E-state index is 0.107. The molecule has 0 aromatic heterocycles. The normalized spacial score (nSPS) is 16.3. The number of piperidine rings is 1. The molecular formula is C24H33NO2. The monoisotopic (exact) mass is 367 g/mol. The number of rotatable bonds is 10. The Hall–Kier alpha value is -1.84. The lowest BCUT2D eigenvalue weighted by Crippen LogP contribution is -2.31. The molecule has 0 spiro atoms. The number of ether oxygens (including phenoxy) is 1. The van der Waals surface area contributed by atoms with E-state index in [0.29, 0.717) is 5.75 Å². The van der Waals surface area contributed by atoms with Crippen molar-refractivity contribution in [3.8, 4) is 5.75 Å². The second-order valence-electron chi connectivity index (χ2n) is 7.58. The highest BCUT2D eigenvalue weighted by molar-refractivity contribution is 5.27. The van der Waals surface area contributed by atoms with Crippen LogP contribution < -0.4 is 0 Å². The molecule has 0 amide bonds. The van der Waals surface area contributed by atoms with Gasteiger partial charge in [0, 0.05) is 13.2 Å². The Morgan fingerprint density at radius 2 is 1.63 bits per heavy atom. The Labute approximate surface area is 164 Å². The lowest BCUT2D eigenvalue weighted by molar-refractivity contribution is 0.0382. The van der Waals surface area contributed by atoms with Gasteiger partial charge in [-0.05, 0) is 74.9 Å². The standard InChI is InChI=1S/C24H33NO2/c26-23-15-13-22(14-16-23)24(12-7-11-21-9-3-1-4-10-21)27-20-8-19-25-17-5-2-6-18-25/h1,3-4,9-10,13-16,24,26H,2,5-8,11-12,17-20H2. The fourth-order valence-electron chi connectivity index (χ4n) is 3.87. The number of hydrogen-bond acceptors (Lipinski definition) is 3. The molecule has 1 aliphatic rings. The number of nitrogens with zero attached hydrogens (tertiary/aromatic N) is 1. The van der Waals surface area contributed by atoms with E-state index in [2.05, 4.69) is 35.2 Å². The van der Waals surface area contributed by atoms with E-state index >= 15 is 0 Å². The largest absolute Gasteiger partial charge is 0.508 e. The Kier molecular flexibility index (Phi) is 8.19. The highest BCUT2D eigenvalue weighted by Gasteiger charge is 2.14. The van der Waals surface area contributed by atoms with Gasteiger partial charge in [-0.15, -0.1) is 0 Å². The molecule has 1 unspecified atom stereocenters. The molecule has 1 saturated heterocycles. The van der Waals surface area contributed by atoms with Crippen molar-refractivity contribution in [3.63, 3.8) is 0 Å². The van der Waals surface area contributed by atoms with Crippen molar-refractivity contribution in [2.45, 2.75) is 51.0 Å². The number of benzene rings is 2. The molecule has 2 aromatic carbocycles. The third kappa shape index (κ3) is 7.00. The van der Waals surface area contributed by atoms with E-state index in [1.165, 1.54) is 43.5 Å². The molecule has 1 atom stereocenters. The first-order valence-corrected chi connectivity index (χ1v) is 10.5. The van der Waals surface area contributed by atoms with Gasteiger partial charge >= 0.3 is 0 Å². The van der Waals surface area contributed by atoms with Crippen LogP contribution in [0.5, 0.6) is 5.75 Å². The number of phenols is 1. The minimum Gasteiger partial charge on any atom is -0.508 e. The molecule has 3 heteroatoms. The van der Waals surface area contributed by atoms with Gasteiger partial charge in [-0.25, -0.2) is 0 Å². The maximum absolute atomic E-state index is 9.58. The third-order valence-corrected chi connectivity index (χ3v) is 5.43. The summed E-state index contributed by atoms with van der Waals surface area (Å²) in [7, 11) is 0. The van der Waals surface area contributed by atoms with Crippen molar-refractivity contribution in [2.24, 2.45) is 0 Å². The first kappa shape index (κ1) is 19.9. The van der Waals surface area contributed by atoms with Crippen LogP contribution in [0.1, 0.15) is 55.8 Å². The van der Waals surface area contributed by atoms with Gasteiger partial charge in [0.2, 0.25) is 0 Å². The predicted molar refractivity (Wildman–Crippen MR) is 111 cm³/mol. The smallest absolute Gasteiger partial charge is 0.115 e. The van der Waals surface area contributed by atoms with E-state index in [1.807, 2.05) is 12.1 Å². The quantitative estimate of drug-likeness (QED) is 0.575. The number of likely N-dealkylation sites (tertiary alicyclic amines) is 1. The van der Waals surface area contributed by atoms with Gasteiger partial charge in [0.05, 0.1) is 6.10 Å². The van der Waals surface area contributed by atoms with Crippen LogP contribution in [-0.2, 0) is 11.2 Å². The third-order valence-electron chi connectivity index (χ3n) is 5.43. The SMILES string of the molecule is Oc1ccc(C(CCCc2ccccc2)OCCCN2CCCCC2)cc1. The zero-order valence-corrected chi connectivity index (χ0v) is 16.4. The van der Waals surface area contributed by atoms with E-state index in [9.17, 15) is 5.11 Å². The van der Waals surface area contributed by atoms with Gasteiger partial charge < -0.3 is 14.7 Å². The lowest BCUT2D eigenvalue weighted by atomic mass is 10.0. The van der Waals surface area contributed by atoms with Gasteiger partial charge in [0.1, 0.15) is 5.75 Å². The van der Waals surface area contributed by atoms with Crippen molar-refractivity contribution >= 4 is 0 Å². The first-order chi connectivity index (χ1) is 13.3. The van der Waals surface area contributed by atoms with Gasteiger partial charge in [-0.1, -0.05) is 48.9 Å². The molecule has 1 heterocycles. The van der Waals surface area contributed by atoms with Crippen LogP contribution in [0.2, 0.25) is 0 Å². The maximum Gasteiger partial charge on any atom is 0.115 e. The van der Waals surface area contributed by atoms with E-state index in [4.69, 9.17) is 4.74 Å². The molecule has 0 aliphatic carbocycles. The second kappa shape index (κ2) is 11.1. The molecule has 3 nitrogen and oxygen atoms in total. The van der Waals surface area contributed by atoms with Crippen molar-refractivity contribution in [3.05, 3.63) is 65.7 Å². The first-order valence-electron chi connectivity index (χ1n) is 10.5. The molecular weight excluding hydrogens is 334 g/mol. The molecule has 1 N–H and O–H groups in total. The van der Waals surface area contributed by atoms with Crippen LogP contribution in [-0.4, -0.2) is 36.2 Å². The number of aryl methyl sites for hydroxylation is 1. The summed E-state index contributed by atoms with van der Waals surface area (Å²) in [6, 6.07) is 18.2. The Bertz CT molecular complexity index is 635. The van der Waals surface area contributed by atoms with E-state index < -0.39 is 0 Å². The van der Waals surface area contributed by atoms with Gasteiger partial charge in [-0.2, -0.15) is 0 Å². The Balaban J connectivity index is 1.47. The Morgan fingerprint density at radius 1 is 0.889 bits per heavy atom. The number of phenolic OH excluding ortho intramolecular Hbond substituents is 1. The zero-order chi connectivity index (χ0) is 18.7. The summed E-state index contributed by atoms with van der Waals surface area (Å²) in [6.07, 6.45) is 8.45. The highest BCUT2D eigenvalue weighted by atomic mass is 16.5. The van der Waals surface area contributed by atoms with Crippen molar-refractivity contribution < 1.29 is 9.84 Å². The minimum atomic E-state index is 0.107. The predicted octanol–water partition coefficient (Wildman–Crippen LogP) is 5.35. The summed E-state index contributed by atoms with van der Waals surface area (Å²) in [4.78, 5) is 2.57. The summed E-state index contributed by atoms with van der Waals surface area (Å²) in [6.45, 7) is 4.44. The molecule has 0 radical (unpaired) electrons. The number of aromatic hydroxyl groups is 1. The molecule has 27 heavy (non-hydrogen) atoms. The zero-order valence-electron chi connectivity index (χ0n) is 16.4. The van der Waals surface area contributed by atoms with Gasteiger partial charge in [0.15, 0.2) is 0 Å². The summed E-state index contributed by atoms with van der Waals surface area (Å²) in [5.41, 5.74) is 2.55. The van der Waals surface area contributed by atoms with Gasteiger partial charge in [-0.3, -0.25) is 0 Å². The van der Waals surface area contributed by atoms with E-state index in [0.717, 1.165) is 38.8 Å². The fraction of sp³-hybridized carbons (Fsp3) is 0.500. The molecule has 146 valence electrons. The highest BCUT2D eigenvalue weighted by Crippen LogP contribution is 2.26. The van der Waals surface area contributed by atoms with Crippen LogP contribution >= 0.6 is 0 Å². The number of hydrogen-bond donors (Lipinski definition) is 1. The molecule has 2 aromatic rings. The summed E-state index contributed by atoms with van der Waals surface area (Å²) in [5, 5.41) is 9.58. The molecule has 0 saturated carbocycles. The summed E-state index contributed by atoms with van der Waals surface area (Å²) < 4.78 is 6.29. The van der Waals surface area contributed by atoms with E-state index in [1.54, 1.807) is 12.1 Å². The van der Waals surface area contributed by atoms with Crippen LogP contribution in [0.4, 0.5) is 0 Å². The van der Waals surface area contributed by atoms with Crippen molar-refractivity contribution in [2.75, 3.05) is 26.2 Å². The van der Waals surface area contributed by atoms with Crippen molar-refractivity contribution in [1.29, 1.82) is 0 Å². The van der Waals surface area contributed by atoms with Crippen LogP contribution in [0.3, 0.4) is 0 Å². The van der Waals surface area contributed by atoms with Crippen LogP contribution in [0, 0.1) is 0 Å². The topological polar surface area (TPSA) is 32.7 Å². The maximum atomic E-state index is 9.58. The summed E-state index contributed by atoms with van der Waals surface area (Å²) >= 11 is 0. The summed E-state index contributed by atoms with van der Waals surface area (Å²) in [5.74, 6) is 0.312. The second-order valence-corrected chi connectivity index (χ2v) is 7.58.